The quantitative estimate of drug-likeness (QED) is 0.668. The molecule has 3 N–H and O–H groups in total. The van der Waals surface area contributed by atoms with Gasteiger partial charge in [-0.15, -0.1) is 0 Å². The van der Waals surface area contributed by atoms with Gasteiger partial charge in [0.15, 0.2) is 5.82 Å². The second kappa shape index (κ2) is 8.23. The van der Waals surface area contributed by atoms with Gasteiger partial charge < -0.3 is 20.7 Å². The van der Waals surface area contributed by atoms with E-state index in [2.05, 4.69) is 56.3 Å². The van der Waals surface area contributed by atoms with Crippen LogP contribution in [0.1, 0.15) is 27.9 Å². The van der Waals surface area contributed by atoms with Gasteiger partial charge in [-0.25, -0.2) is 19.9 Å². The van der Waals surface area contributed by atoms with E-state index < -0.39 is 0 Å². The molecule has 8 heteroatoms. The molecule has 0 saturated carbocycles. The minimum atomic E-state index is 0.235. The summed E-state index contributed by atoms with van der Waals surface area (Å²) < 4.78 is 5.90. The molecule has 0 radical (unpaired) electrons. The second-order valence-corrected chi connectivity index (χ2v) is 7.73. The highest BCUT2D eigenvalue weighted by atomic mass is 16.5. The predicted octanol–water partition coefficient (Wildman–Crippen LogP) is 2.74. The Morgan fingerprint density at radius 1 is 1.13 bits per heavy atom. The topological polar surface area (TPSA) is 102 Å². The summed E-state index contributed by atoms with van der Waals surface area (Å²) in [4.78, 5) is 19.9. The molecule has 0 saturated heterocycles. The Bertz CT molecular complexity index is 1080. The molecule has 8 nitrogen and oxygen atoms in total. The summed E-state index contributed by atoms with van der Waals surface area (Å²) in [6.45, 7) is 6.37. The van der Waals surface area contributed by atoms with Gasteiger partial charge in [0, 0.05) is 31.9 Å². The summed E-state index contributed by atoms with van der Waals surface area (Å²) in [7, 11) is 3.93. The highest BCUT2D eigenvalue weighted by Gasteiger charge is 2.18. The lowest BCUT2D eigenvalue weighted by Crippen LogP contribution is -2.27. The number of nitrogen functional groups attached to an aromatic ring is 1. The number of nitrogens with one attached hydrogen (secondary N) is 1. The van der Waals surface area contributed by atoms with Crippen molar-refractivity contribution in [1.29, 1.82) is 0 Å². The third kappa shape index (κ3) is 4.04. The first kappa shape index (κ1) is 20.0. The van der Waals surface area contributed by atoms with Crippen LogP contribution in [-0.4, -0.2) is 45.5 Å². The average molecular weight is 406 g/mol. The first-order chi connectivity index (χ1) is 14.4. The van der Waals surface area contributed by atoms with Crippen molar-refractivity contribution in [2.24, 2.45) is 0 Å². The van der Waals surface area contributed by atoms with Gasteiger partial charge in [-0.1, -0.05) is 0 Å². The second-order valence-electron chi connectivity index (χ2n) is 7.73. The Morgan fingerprint density at radius 2 is 1.97 bits per heavy atom. The maximum atomic E-state index is 6.03. The molecule has 156 valence electrons. The number of nitrogens with two attached hydrogens (primary N) is 1. The van der Waals surface area contributed by atoms with Crippen LogP contribution in [0.4, 0.5) is 11.8 Å². The third-order valence-corrected chi connectivity index (χ3v) is 5.46. The molecule has 1 aliphatic rings. The van der Waals surface area contributed by atoms with Gasteiger partial charge in [-0.05, 0) is 61.7 Å². The number of rotatable bonds is 5. The van der Waals surface area contributed by atoms with E-state index in [-0.39, 0.29) is 12.4 Å². The maximum absolute atomic E-state index is 6.03. The molecule has 3 heterocycles. The van der Waals surface area contributed by atoms with E-state index >= 15 is 0 Å². The van der Waals surface area contributed by atoms with Crippen LogP contribution in [0.25, 0.3) is 11.3 Å². The molecule has 0 aliphatic carbocycles. The van der Waals surface area contributed by atoms with Crippen LogP contribution in [-0.2, 0) is 19.6 Å². The smallest absolute Gasteiger partial charge is 0.258 e. The van der Waals surface area contributed by atoms with Crippen molar-refractivity contribution in [2.45, 2.75) is 33.4 Å². The lowest BCUT2D eigenvalue weighted by atomic mass is 9.92. The van der Waals surface area contributed by atoms with E-state index in [4.69, 9.17) is 10.5 Å². The summed E-state index contributed by atoms with van der Waals surface area (Å²) in [5, 5.41) is 2.93. The van der Waals surface area contributed by atoms with E-state index in [0.29, 0.717) is 11.8 Å². The summed E-state index contributed by atoms with van der Waals surface area (Å²) in [6.07, 6.45) is 4.54. The number of ether oxygens (including phenoxy) is 1. The number of hydrogen-bond donors (Lipinski definition) is 2. The average Bonchev–Trinajstić information content (AvgIpc) is 2.73. The Hall–Kier alpha value is -3.26. The van der Waals surface area contributed by atoms with Crippen molar-refractivity contribution < 1.29 is 4.74 Å². The molecule has 2 aromatic heterocycles. The van der Waals surface area contributed by atoms with Crippen LogP contribution in [0.2, 0.25) is 0 Å². The van der Waals surface area contributed by atoms with Crippen molar-refractivity contribution in [3.63, 3.8) is 0 Å². The third-order valence-electron chi connectivity index (χ3n) is 5.46. The Balaban J connectivity index is 1.61. The van der Waals surface area contributed by atoms with Crippen molar-refractivity contribution >= 4 is 11.8 Å². The minimum Gasteiger partial charge on any atom is -0.469 e. The number of anilines is 2. The van der Waals surface area contributed by atoms with Crippen molar-refractivity contribution in [3.05, 3.63) is 52.5 Å². The fourth-order valence-corrected chi connectivity index (χ4v) is 3.72. The first-order valence-corrected chi connectivity index (χ1v) is 10.0. The van der Waals surface area contributed by atoms with Gasteiger partial charge in [0.05, 0.1) is 17.6 Å². The molecule has 0 fully saturated rings. The number of benzene rings is 1. The minimum absolute atomic E-state index is 0.235. The van der Waals surface area contributed by atoms with Crippen molar-refractivity contribution in [3.8, 4) is 17.1 Å². The SMILES string of the molecule is CNc1ncc(C)c(COc2nc(-c3cc(C)c4c(c3)CN(C)CC4)cnc2N)n1. The fourth-order valence-electron chi connectivity index (χ4n) is 3.72. The number of fused-ring (bicyclic) bond motifs is 1. The number of hydrogen-bond acceptors (Lipinski definition) is 8. The number of likely N-dealkylation sites (N-methyl/N-ethyl adjacent to an activating group) is 1. The van der Waals surface area contributed by atoms with Crippen LogP contribution in [0.5, 0.6) is 5.88 Å². The summed E-state index contributed by atoms with van der Waals surface area (Å²) in [5.41, 5.74) is 13.6. The highest BCUT2D eigenvalue weighted by Crippen LogP contribution is 2.30. The van der Waals surface area contributed by atoms with Crippen LogP contribution in [0.15, 0.2) is 24.5 Å². The zero-order chi connectivity index (χ0) is 21.3. The van der Waals surface area contributed by atoms with Gasteiger partial charge in [-0.3, -0.25) is 0 Å². The van der Waals surface area contributed by atoms with Gasteiger partial charge >= 0.3 is 0 Å². The molecule has 0 unspecified atom stereocenters. The van der Waals surface area contributed by atoms with E-state index in [1.807, 2.05) is 6.92 Å². The molecule has 1 aromatic carbocycles. The van der Waals surface area contributed by atoms with E-state index in [1.165, 1.54) is 16.7 Å². The highest BCUT2D eigenvalue weighted by molar-refractivity contribution is 5.64. The standard InChI is InChI=1S/C22H27N7O/c1-13-7-15(8-16-11-29(4)6-5-17(13)16)18-10-25-20(23)21(27-18)30-12-19-14(2)9-26-22(24-3)28-19/h7-10H,5-6,11-12H2,1-4H3,(H2,23,25)(H,24,26,28). The largest absolute Gasteiger partial charge is 0.469 e. The van der Waals surface area contributed by atoms with Gasteiger partial charge in [0.1, 0.15) is 6.61 Å². The van der Waals surface area contributed by atoms with Crippen LogP contribution >= 0.6 is 0 Å². The number of nitrogens with zero attached hydrogens (tertiary/aromatic N) is 5. The molecule has 30 heavy (non-hydrogen) atoms. The van der Waals surface area contributed by atoms with Gasteiger partial charge in [-0.2, -0.15) is 0 Å². The Labute approximate surface area is 176 Å². The van der Waals surface area contributed by atoms with E-state index in [1.54, 1.807) is 19.4 Å². The Morgan fingerprint density at radius 3 is 2.77 bits per heavy atom. The summed E-state index contributed by atoms with van der Waals surface area (Å²) >= 11 is 0. The Kier molecular flexibility index (Phi) is 5.50. The first-order valence-electron chi connectivity index (χ1n) is 10.0. The molecule has 0 atom stereocenters. The van der Waals surface area contributed by atoms with Gasteiger partial charge in [0.25, 0.3) is 5.88 Å². The molecule has 1 aliphatic heterocycles. The lowest BCUT2D eigenvalue weighted by Gasteiger charge is -2.27. The number of aromatic nitrogens is 4. The molecule has 0 amide bonds. The summed E-state index contributed by atoms with van der Waals surface area (Å²) in [5.74, 6) is 1.11. The predicted molar refractivity (Wildman–Crippen MR) is 117 cm³/mol. The van der Waals surface area contributed by atoms with Crippen LogP contribution in [0.3, 0.4) is 0 Å². The zero-order valence-electron chi connectivity index (χ0n) is 17.9. The number of aryl methyl sites for hydroxylation is 2. The lowest BCUT2D eigenvalue weighted by molar-refractivity contribution is 0.289. The van der Waals surface area contributed by atoms with E-state index in [9.17, 15) is 0 Å². The summed E-state index contributed by atoms with van der Waals surface area (Å²) in [6, 6.07) is 4.37. The zero-order valence-corrected chi connectivity index (χ0v) is 17.9. The van der Waals surface area contributed by atoms with Gasteiger partial charge in [0.2, 0.25) is 5.95 Å². The molecule has 3 aromatic rings. The molecular weight excluding hydrogens is 378 g/mol. The monoisotopic (exact) mass is 405 g/mol. The molecular formula is C22H27N7O. The molecule has 0 bridgehead atoms. The molecule has 0 spiro atoms. The normalized spacial score (nSPS) is 13.7. The van der Waals surface area contributed by atoms with Crippen molar-refractivity contribution in [1.82, 2.24) is 24.8 Å². The van der Waals surface area contributed by atoms with E-state index in [0.717, 1.165) is 42.0 Å². The fraction of sp³-hybridized carbons (Fsp3) is 0.364. The maximum Gasteiger partial charge on any atom is 0.258 e. The van der Waals surface area contributed by atoms with Crippen molar-refractivity contribution in [2.75, 3.05) is 31.7 Å². The van der Waals surface area contributed by atoms with Crippen LogP contribution in [0, 0.1) is 13.8 Å². The van der Waals surface area contributed by atoms with Crippen LogP contribution < -0.4 is 15.8 Å². The molecule has 4 rings (SSSR count).